The molecule has 0 radical (unpaired) electrons. The molecule has 0 bridgehead atoms. The van der Waals surface area contributed by atoms with Gasteiger partial charge in [-0.15, -0.1) is 0 Å². The minimum Gasteiger partial charge on any atom is -0.455 e. The fourth-order valence-corrected chi connectivity index (χ4v) is 5.23. The van der Waals surface area contributed by atoms with Gasteiger partial charge >= 0.3 is 0 Å². The van der Waals surface area contributed by atoms with Crippen LogP contribution in [0.5, 0.6) is 11.5 Å². The van der Waals surface area contributed by atoms with Crippen molar-refractivity contribution in [2.45, 2.75) is 11.3 Å². The first-order valence-corrected chi connectivity index (χ1v) is 13.5. The first-order valence-electron chi connectivity index (χ1n) is 11.3. The van der Waals surface area contributed by atoms with E-state index in [1.165, 1.54) is 36.8 Å². The van der Waals surface area contributed by atoms with E-state index in [0.29, 0.717) is 21.9 Å². The Morgan fingerprint density at radius 3 is 2.49 bits per heavy atom. The molecule has 11 heteroatoms. The zero-order chi connectivity index (χ0) is 26.0. The van der Waals surface area contributed by atoms with Crippen LogP contribution in [0, 0.1) is 0 Å². The maximum Gasteiger partial charge on any atom is 0.263 e. The molecule has 188 valence electrons. The number of hydrogen-bond acceptors (Lipinski definition) is 6. The Hall–Kier alpha value is -3.66. The van der Waals surface area contributed by atoms with Crippen molar-refractivity contribution in [3.05, 3.63) is 94.9 Å². The Morgan fingerprint density at radius 1 is 0.973 bits per heavy atom. The average Bonchev–Trinajstić information content (AvgIpc) is 2.85. The van der Waals surface area contributed by atoms with Crippen molar-refractivity contribution in [1.82, 2.24) is 14.9 Å². The molecular formula is C26H20Cl2N4O4S. The Morgan fingerprint density at radius 2 is 1.78 bits per heavy atom. The quantitative estimate of drug-likeness (QED) is 0.305. The van der Waals surface area contributed by atoms with Crippen molar-refractivity contribution >= 4 is 45.0 Å². The van der Waals surface area contributed by atoms with Gasteiger partial charge in [0.05, 0.1) is 9.92 Å². The highest BCUT2D eigenvalue weighted by molar-refractivity contribution is 7.92. The summed E-state index contributed by atoms with van der Waals surface area (Å²) in [5, 5.41) is 0.582. The summed E-state index contributed by atoms with van der Waals surface area (Å²) in [4.78, 5) is 22.1. The molecule has 0 spiro atoms. The lowest BCUT2D eigenvalue weighted by molar-refractivity contribution is 0.0652. The molecule has 0 saturated carbocycles. The van der Waals surface area contributed by atoms with Gasteiger partial charge in [0.2, 0.25) is 0 Å². The second-order valence-electron chi connectivity index (χ2n) is 8.26. The zero-order valence-corrected chi connectivity index (χ0v) is 21.6. The van der Waals surface area contributed by atoms with Crippen LogP contribution in [0.15, 0.2) is 84.1 Å². The molecule has 8 nitrogen and oxygen atoms in total. The summed E-state index contributed by atoms with van der Waals surface area (Å²) in [7, 11) is -3.93. The van der Waals surface area contributed by atoms with E-state index in [-0.39, 0.29) is 27.4 Å². The fourth-order valence-electron chi connectivity index (χ4n) is 3.74. The van der Waals surface area contributed by atoms with Crippen molar-refractivity contribution in [2.24, 2.45) is 0 Å². The van der Waals surface area contributed by atoms with Crippen LogP contribution < -0.4 is 9.46 Å². The summed E-state index contributed by atoms with van der Waals surface area (Å²) in [6.45, 7) is 1.51. The van der Waals surface area contributed by atoms with Crippen molar-refractivity contribution in [3.63, 3.8) is 0 Å². The smallest absolute Gasteiger partial charge is 0.263 e. The highest BCUT2D eigenvalue weighted by atomic mass is 35.5. The van der Waals surface area contributed by atoms with Crippen LogP contribution in [0.3, 0.4) is 0 Å². The fraction of sp³-hybridized carbons (Fsp3) is 0.115. The van der Waals surface area contributed by atoms with E-state index < -0.39 is 10.0 Å². The average molecular weight is 555 g/mol. The van der Waals surface area contributed by atoms with E-state index in [4.69, 9.17) is 27.9 Å². The number of sulfonamides is 1. The molecule has 3 aromatic carbocycles. The van der Waals surface area contributed by atoms with Crippen LogP contribution in [0.25, 0.3) is 11.1 Å². The number of carbonyl (C=O) groups excluding carboxylic acids is 1. The topological polar surface area (TPSA) is 101 Å². The van der Waals surface area contributed by atoms with Crippen LogP contribution in [-0.2, 0) is 10.0 Å². The van der Waals surface area contributed by atoms with E-state index in [0.717, 1.165) is 25.1 Å². The van der Waals surface area contributed by atoms with Crippen LogP contribution in [-0.4, -0.2) is 42.3 Å². The van der Waals surface area contributed by atoms with E-state index in [2.05, 4.69) is 14.7 Å². The number of likely N-dealkylation sites (tertiary alicyclic amines) is 1. The van der Waals surface area contributed by atoms with Gasteiger partial charge in [-0.2, -0.15) is 0 Å². The third kappa shape index (κ3) is 5.53. The third-order valence-corrected chi connectivity index (χ3v) is 7.64. The number of nitrogens with zero attached hydrogens (tertiary/aromatic N) is 3. The molecule has 1 aliphatic heterocycles. The van der Waals surface area contributed by atoms with Crippen LogP contribution >= 0.6 is 23.2 Å². The molecule has 37 heavy (non-hydrogen) atoms. The lowest BCUT2D eigenvalue weighted by Gasteiger charge is -2.31. The van der Waals surface area contributed by atoms with Crippen molar-refractivity contribution in [2.75, 3.05) is 17.8 Å². The second kappa shape index (κ2) is 10.4. The summed E-state index contributed by atoms with van der Waals surface area (Å²) in [5.41, 5.74) is 1.98. The molecule has 5 rings (SSSR count). The van der Waals surface area contributed by atoms with Crippen molar-refractivity contribution in [1.29, 1.82) is 0 Å². The van der Waals surface area contributed by atoms with Gasteiger partial charge in [-0.05, 0) is 66.6 Å². The number of rotatable bonds is 7. The number of anilines is 1. The molecule has 2 heterocycles. The molecule has 1 amide bonds. The minimum atomic E-state index is -3.93. The predicted molar refractivity (Wildman–Crippen MR) is 142 cm³/mol. The number of amides is 1. The molecule has 1 N–H and O–H groups in total. The summed E-state index contributed by atoms with van der Waals surface area (Å²) in [6.07, 6.45) is 3.67. The zero-order valence-electron chi connectivity index (χ0n) is 19.3. The van der Waals surface area contributed by atoms with Gasteiger partial charge in [0.15, 0.2) is 0 Å². The Balaban J connectivity index is 1.43. The predicted octanol–water partition coefficient (Wildman–Crippen LogP) is 5.89. The number of carbonyl (C=O) groups is 1. The minimum absolute atomic E-state index is 0.0204. The maximum absolute atomic E-state index is 12.7. The number of benzene rings is 3. The molecule has 1 aromatic heterocycles. The number of ether oxygens (including phenoxy) is 1. The van der Waals surface area contributed by atoms with Gasteiger partial charge in [0.25, 0.3) is 15.9 Å². The molecule has 0 atom stereocenters. The first-order chi connectivity index (χ1) is 17.8. The molecular weight excluding hydrogens is 535 g/mol. The summed E-state index contributed by atoms with van der Waals surface area (Å²) < 4.78 is 34.0. The SMILES string of the molecule is O=C(c1cccc(-c2cc(Cl)ccc2Oc2ccc(S(=O)(=O)Nc3ccncn3)cc2Cl)c1)N1CCC1. The number of nitrogens with one attached hydrogen (secondary N) is 1. The maximum atomic E-state index is 12.7. The molecule has 1 saturated heterocycles. The normalized spacial score (nSPS) is 13.1. The van der Waals surface area contributed by atoms with Crippen molar-refractivity contribution < 1.29 is 17.9 Å². The van der Waals surface area contributed by atoms with Gasteiger partial charge in [-0.3, -0.25) is 9.52 Å². The van der Waals surface area contributed by atoms with Gasteiger partial charge in [0, 0.05) is 35.4 Å². The van der Waals surface area contributed by atoms with Crippen molar-refractivity contribution in [3.8, 4) is 22.6 Å². The van der Waals surface area contributed by atoms with E-state index in [1.807, 2.05) is 12.1 Å². The van der Waals surface area contributed by atoms with E-state index >= 15 is 0 Å². The van der Waals surface area contributed by atoms with E-state index in [1.54, 1.807) is 35.2 Å². The van der Waals surface area contributed by atoms with E-state index in [9.17, 15) is 13.2 Å². The molecule has 4 aromatic rings. The molecule has 1 aliphatic rings. The van der Waals surface area contributed by atoms with Gasteiger partial charge in [-0.1, -0.05) is 35.3 Å². The van der Waals surface area contributed by atoms with Gasteiger partial charge in [0.1, 0.15) is 23.6 Å². The standard InChI is InChI=1S/C26H20Cl2N4O4S/c27-19-5-7-23(21(14-19)17-3-1-4-18(13-17)26(33)32-11-2-12-32)36-24-8-6-20(15-22(24)28)37(34,35)31-25-9-10-29-16-30-25/h1,3-10,13-16H,2,11-12H2,(H,29,30,31). The molecule has 1 fully saturated rings. The van der Waals surface area contributed by atoms with Crippen LogP contribution in [0.2, 0.25) is 10.0 Å². The van der Waals surface area contributed by atoms with Crippen LogP contribution in [0.4, 0.5) is 5.82 Å². The summed E-state index contributed by atoms with van der Waals surface area (Å²) >= 11 is 12.7. The number of halogens is 2. The third-order valence-electron chi connectivity index (χ3n) is 5.76. The highest BCUT2D eigenvalue weighted by Gasteiger charge is 2.22. The summed E-state index contributed by atoms with van der Waals surface area (Å²) in [6, 6.07) is 17.9. The highest BCUT2D eigenvalue weighted by Crippen LogP contribution is 2.39. The Labute approximate surface area is 223 Å². The summed E-state index contributed by atoms with van der Waals surface area (Å²) in [5.74, 6) is 0.800. The van der Waals surface area contributed by atoms with Gasteiger partial charge < -0.3 is 9.64 Å². The molecule has 0 unspecified atom stereocenters. The lowest BCUT2D eigenvalue weighted by Crippen LogP contribution is -2.41. The second-order valence-corrected chi connectivity index (χ2v) is 10.8. The van der Waals surface area contributed by atoms with Gasteiger partial charge in [-0.25, -0.2) is 18.4 Å². The first kappa shape index (κ1) is 25.0. The monoisotopic (exact) mass is 554 g/mol. The lowest BCUT2D eigenvalue weighted by atomic mass is 10.0. The molecule has 0 aliphatic carbocycles. The Kier molecular flexibility index (Phi) is 7.01. The number of aromatic nitrogens is 2. The Bertz CT molecular complexity index is 1580. The van der Waals surface area contributed by atoms with Crippen LogP contribution in [0.1, 0.15) is 16.8 Å². The number of hydrogen-bond donors (Lipinski definition) is 1. The largest absolute Gasteiger partial charge is 0.455 e.